The summed E-state index contributed by atoms with van der Waals surface area (Å²) in [6.45, 7) is 0. The number of rotatable bonds is 4. The Bertz CT molecular complexity index is 1100. The van der Waals surface area contributed by atoms with Crippen molar-refractivity contribution in [3.05, 3.63) is 78.4 Å². The van der Waals surface area contributed by atoms with Gasteiger partial charge in [0, 0.05) is 10.7 Å². The molecule has 2 aliphatic rings. The zero-order chi connectivity index (χ0) is 18.6. The first-order chi connectivity index (χ1) is 13.1. The Balaban J connectivity index is 1.72. The number of benzene rings is 3. The van der Waals surface area contributed by atoms with E-state index in [-0.39, 0.29) is 15.9 Å². The standard InChI is InChI=1S/C23H22O2S2/c1-26-21-14-17-15-23(17,20-13-7-9-16-8-5-6-12-19(16)20)22(21)27(24,25)18-10-3-2-4-11-18/h2-13,17,21-22H,14-15H2,1H3/t17-,21?,22?,23+/m0/s1. The fourth-order valence-corrected chi connectivity index (χ4v) is 9.29. The molecule has 2 nitrogen and oxygen atoms in total. The van der Waals surface area contributed by atoms with Gasteiger partial charge >= 0.3 is 0 Å². The highest BCUT2D eigenvalue weighted by molar-refractivity contribution is 8.01. The van der Waals surface area contributed by atoms with Crippen molar-refractivity contribution in [3.63, 3.8) is 0 Å². The molecule has 2 aliphatic carbocycles. The molecule has 4 atom stereocenters. The molecule has 3 aromatic rings. The summed E-state index contributed by atoms with van der Waals surface area (Å²) < 4.78 is 27.5. The van der Waals surface area contributed by atoms with E-state index < -0.39 is 9.84 Å². The van der Waals surface area contributed by atoms with E-state index in [9.17, 15) is 8.42 Å². The van der Waals surface area contributed by atoms with Gasteiger partial charge in [-0.15, -0.1) is 0 Å². The maximum atomic E-state index is 13.7. The van der Waals surface area contributed by atoms with Crippen LogP contribution in [0.5, 0.6) is 0 Å². The van der Waals surface area contributed by atoms with Crippen molar-refractivity contribution in [1.29, 1.82) is 0 Å². The summed E-state index contributed by atoms with van der Waals surface area (Å²) in [4.78, 5) is 0.459. The molecule has 2 saturated carbocycles. The lowest BCUT2D eigenvalue weighted by Gasteiger charge is -2.29. The summed E-state index contributed by atoms with van der Waals surface area (Å²) in [6, 6.07) is 23.8. The van der Waals surface area contributed by atoms with Crippen LogP contribution in [-0.4, -0.2) is 25.2 Å². The molecule has 138 valence electrons. The van der Waals surface area contributed by atoms with Gasteiger partial charge in [-0.25, -0.2) is 8.42 Å². The molecule has 4 heteroatoms. The van der Waals surface area contributed by atoms with E-state index in [4.69, 9.17) is 0 Å². The highest BCUT2D eigenvalue weighted by Gasteiger charge is 2.70. The Labute approximate surface area is 164 Å². The lowest BCUT2D eigenvalue weighted by atomic mass is 9.88. The van der Waals surface area contributed by atoms with Crippen LogP contribution >= 0.6 is 11.8 Å². The molecular formula is C23H22O2S2. The van der Waals surface area contributed by atoms with E-state index in [1.807, 2.05) is 24.3 Å². The van der Waals surface area contributed by atoms with Gasteiger partial charge in [0.2, 0.25) is 0 Å². The Morgan fingerprint density at radius 2 is 1.63 bits per heavy atom. The lowest BCUT2D eigenvalue weighted by molar-refractivity contribution is 0.556. The molecule has 5 rings (SSSR count). The third-order valence-corrected chi connectivity index (χ3v) is 10.1. The van der Waals surface area contributed by atoms with Crippen LogP contribution in [0.1, 0.15) is 18.4 Å². The highest BCUT2D eigenvalue weighted by atomic mass is 32.2. The Morgan fingerprint density at radius 1 is 0.926 bits per heavy atom. The third kappa shape index (κ3) is 2.43. The number of fused-ring (bicyclic) bond motifs is 2. The molecule has 0 N–H and O–H groups in total. The van der Waals surface area contributed by atoms with Crippen molar-refractivity contribution in [1.82, 2.24) is 0 Å². The minimum Gasteiger partial charge on any atom is -0.223 e. The van der Waals surface area contributed by atoms with Crippen LogP contribution in [0.2, 0.25) is 0 Å². The van der Waals surface area contributed by atoms with Gasteiger partial charge in [0.1, 0.15) is 0 Å². The first-order valence-electron chi connectivity index (χ1n) is 9.39. The van der Waals surface area contributed by atoms with Crippen LogP contribution in [0.25, 0.3) is 10.8 Å². The van der Waals surface area contributed by atoms with E-state index in [0.29, 0.717) is 10.8 Å². The monoisotopic (exact) mass is 394 g/mol. The van der Waals surface area contributed by atoms with Gasteiger partial charge in [-0.1, -0.05) is 60.7 Å². The Morgan fingerprint density at radius 3 is 2.41 bits per heavy atom. The largest absolute Gasteiger partial charge is 0.223 e. The number of hydrogen-bond donors (Lipinski definition) is 0. The van der Waals surface area contributed by atoms with Crippen molar-refractivity contribution in [2.75, 3.05) is 6.26 Å². The Hall–Kier alpha value is -1.78. The van der Waals surface area contributed by atoms with Crippen molar-refractivity contribution < 1.29 is 8.42 Å². The summed E-state index contributed by atoms with van der Waals surface area (Å²) in [5.41, 5.74) is 0.982. The molecule has 0 heterocycles. The van der Waals surface area contributed by atoms with Gasteiger partial charge in [0.25, 0.3) is 0 Å². The van der Waals surface area contributed by atoms with Gasteiger partial charge in [-0.2, -0.15) is 11.8 Å². The molecule has 3 aromatic carbocycles. The summed E-state index contributed by atoms with van der Waals surface area (Å²) in [7, 11) is -3.40. The van der Waals surface area contributed by atoms with Crippen molar-refractivity contribution in [2.24, 2.45) is 5.92 Å². The van der Waals surface area contributed by atoms with Crippen LogP contribution in [0.4, 0.5) is 0 Å². The first kappa shape index (κ1) is 17.3. The molecule has 0 aliphatic heterocycles. The molecule has 0 spiro atoms. The quantitative estimate of drug-likeness (QED) is 0.619. The molecular weight excluding hydrogens is 372 g/mol. The van der Waals surface area contributed by atoms with Crippen molar-refractivity contribution in [3.8, 4) is 0 Å². The smallest absolute Gasteiger partial charge is 0.183 e. The normalized spacial score (nSPS) is 29.6. The van der Waals surface area contributed by atoms with E-state index in [1.165, 1.54) is 16.3 Å². The van der Waals surface area contributed by atoms with E-state index in [1.54, 1.807) is 23.9 Å². The van der Waals surface area contributed by atoms with Crippen molar-refractivity contribution in [2.45, 2.75) is 33.7 Å². The summed E-state index contributed by atoms with van der Waals surface area (Å²) in [5, 5.41) is 2.18. The maximum absolute atomic E-state index is 13.7. The topological polar surface area (TPSA) is 34.1 Å². The third-order valence-electron chi connectivity index (χ3n) is 6.51. The molecule has 2 fully saturated rings. The van der Waals surface area contributed by atoms with E-state index in [2.05, 4.69) is 42.7 Å². The van der Waals surface area contributed by atoms with Gasteiger partial charge in [-0.05, 0) is 53.5 Å². The summed E-state index contributed by atoms with van der Waals surface area (Å²) >= 11 is 1.72. The fraction of sp³-hybridized carbons (Fsp3) is 0.304. The van der Waals surface area contributed by atoms with Crippen LogP contribution in [0, 0.1) is 5.92 Å². The molecule has 0 bridgehead atoms. The number of sulfone groups is 1. The maximum Gasteiger partial charge on any atom is 0.183 e. The average molecular weight is 395 g/mol. The predicted octanol–water partition coefficient (Wildman–Crippen LogP) is 5.08. The minimum absolute atomic E-state index is 0.146. The van der Waals surface area contributed by atoms with Gasteiger partial charge in [0.15, 0.2) is 9.84 Å². The van der Waals surface area contributed by atoms with Crippen LogP contribution < -0.4 is 0 Å². The number of thioether (sulfide) groups is 1. The second-order valence-corrected chi connectivity index (χ2v) is 10.9. The second kappa shape index (κ2) is 6.11. The zero-order valence-corrected chi connectivity index (χ0v) is 16.8. The highest BCUT2D eigenvalue weighted by Crippen LogP contribution is 2.69. The molecule has 0 aromatic heterocycles. The fourth-order valence-electron chi connectivity index (χ4n) is 5.29. The van der Waals surface area contributed by atoms with Gasteiger partial charge < -0.3 is 0 Å². The molecule has 27 heavy (non-hydrogen) atoms. The lowest BCUT2D eigenvalue weighted by Crippen LogP contribution is -2.39. The first-order valence-corrected chi connectivity index (χ1v) is 12.2. The molecule has 0 saturated heterocycles. The summed E-state index contributed by atoms with van der Waals surface area (Å²) in [6.07, 6.45) is 4.02. The Kier molecular flexibility index (Phi) is 3.92. The molecule has 0 radical (unpaired) electrons. The molecule has 0 amide bonds. The van der Waals surface area contributed by atoms with Crippen molar-refractivity contribution >= 4 is 32.4 Å². The SMILES string of the molecule is CSC1C[C@H]2C[C@@]2(c2cccc3ccccc23)C1S(=O)(=O)c1ccccc1. The van der Waals surface area contributed by atoms with Gasteiger partial charge in [-0.3, -0.25) is 0 Å². The molecule has 2 unspecified atom stereocenters. The van der Waals surface area contributed by atoms with Gasteiger partial charge in [0.05, 0.1) is 10.1 Å². The number of hydrogen-bond acceptors (Lipinski definition) is 3. The zero-order valence-electron chi connectivity index (χ0n) is 15.2. The van der Waals surface area contributed by atoms with Crippen LogP contribution in [0.3, 0.4) is 0 Å². The second-order valence-electron chi connectivity index (χ2n) is 7.76. The van der Waals surface area contributed by atoms with Crippen LogP contribution in [-0.2, 0) is 15.3 Å². The average Bonchev–Trinajstić information content (AvgIpc) is 3.32. The minimum atomic E-state index is -3.40. The predicted molar refractivity (Wildman–Crippen MR) is 113 cm³/mol. The summed E-state index contributed by atoms with van der Waals surface area (Å²) in [5.74, 6) is 0.462. The van der Waals surface area contributed by atoms with E-state index >= 15 is 0 Å². The van der Waals surface area contributed by atoms with Crippen LogP contribution in [0.15, 0.2) is 77.7 Å². The van der Waals surface area contributed by atoms with E-state index in [0.717, 1.165) is 12.8 Å².